The maximum absolute atomic E-state index is 5.81. The van der Waals surface area contributed by atoms with Gasteiger partial charge in [0.15, 0.2) is 0 Å². The van der Waals surface area contributed by atoms with E-state index >= 15 is 0 Å². The Morgan fingerprint density at radius 2 is 1.21 bits per heavy atom. The molecular weight excluding hydrogens is 176 g/mol. The van der Waals surface area contributed by atoms with Crippen molar-refractivity contribution in [3.8, 4) is 0 Å². The van der Waals surface area contributed by atoms with Gasteiger partial charge in [-0.2, -0.15) is 0 Å². The molecule has 0 bridgehead atoms. The molecule has 0 N–H and O–H groups in total. The van der Waals surface area contributed by atoms with Crippen LogP contribution in [0.5, 0.6) is 0 Å². The molecule has 2 fully saturated rings. The summed E-state index contributed by atoms with van der Waals surface area (Å²) in [7, 11) is 0. The van der Waals surface area contributed by atoms with Gasteiger partial charge in [-0.05, 0) is 25.7 Å². The van der Waals surface area contributed by atoms with E-state index in [9.17, 15) is 0 Å². The second-order valence-corrected chi connectivity index (χ2v) is 4.05. The Bertz CT molecular complexity index is 200. The molecule has 0 aromatic rings. The molecule has 78 valence electrons. The second kappa shape index (κ2) is 4.28. The lowest BCUT2D eigenvalue weighted by atomic mass is 10.1. The highest BCUT2D eigenvalue weighted by atomic mass is 16.6. The van der Waals surface area contributed by atoms with E-state index in [0.29, 0.717) is 0 Å². The van der Waals surface area contributed by atoms with Crippen LogP contribution in [0.25, 0.3) is 0 Å². The van der Waals surface area contributed by atoms with E-state index in [4.69, 9.17) is 9.47 Å². The molecule has 0 aliphatic carbocycles. The third-order valence-electron chi connectivity index (χ3n) is 3.11. The molecule has 0 unspecified atom stereocenters. The number of ether oxygens (including phenoxy) is 2. The Morgan fingerprint density at radius 1 is 0.786 bits per heavy atom. The first kappa shape index (κ1) is 9.94. The first-order valence-corrected chi connectivity index (χ1v) is 5.39. The minimum atomic E-state index is 0.242. The van der Waals surface area contributed by atoms with Crippen molar-refractivity contribution in [1.29, 1.82) is 0 Å². The van der Waals surface area contributed by atoms with Gasteiger partial charge in [0, 0.05) is 0 Å². The molecule has 0 spiro atoms. The molecule has 2 heterocycles. The minimum absolute atomic E-state index is 0.242. The van der Waals surface area contributed by atoms with Crippen molar-refractivity contribution in [2.24, 2.45) is 0 Å². The van der Waals surface area contributed by atoms with Crippen molar-refractivity contribution >= 4 is 0 Å². The molecule has 2 aliphatic rings. The van der Waals surface area contributed by atoms with E-state index in [2.05, 4.69) is 13.2 Å². The lowest BCUT2D eigenvalue weighted by molar-refractivity contribution is -0.0465. The Balaban J connectivity index is 1.85. The van der Waals surface area contributed by atoms with Crippen LogP contribution in [0, 0.1) is 0 Å². The van der Waals surface area contributed by atoms with E-state index in [0.717, 1.165) is 25.7 Å². The molecule has 2 heteroatoms. The van der Waals surface area contributed by atoms with Crippen molar-refractivity contribution in [1.82, 2.24) is 0 Å². The number of hydrogen-bond donors (Lipinski definition) is 0. The van der Waals surface area contributed by atoms with E-state index in [1.54, 1.807) is 0 Å². The molecule has 0 aromatic carbocycles. The fourth-order valence-electron chi connectivity index (χ4n) is 2.27. The highest BCUT2D eigenvalue weighted by Crippen LogP contribution is 2.31. The van der Waals surface area contributed by atoms with Gasteiger partial charge in [0.1, 0.15) is 0 Å². The van der Waals surface area contributed by atoms with Crippen LogP contribution in [0.15, 0.2) is 25.3 Å². The summed E-state index contributed by atoms with van der Waals surface area (Å²) in [5, 5.41) is 0. The van der Waals surface area contributed by atoms with Gasteiger partial charge in [-0.25, -0.2) is 0 Å². The van der Waals surface area contributed by atoms with Crippen molar-refractivity contribution < 1.29 is 9.47 Å². The van der Waals surface area contributed by atoms with Crippen LogP contribution >= 0.6 is 0 Å². The average molecular weight is 194 g/mol. The van der Waals surface area contributed by atoms with Gasteiger partial charge in [-0.3, -0.25) is 0 Å². The minimum Gasteiger partial charge on any atom is -0.368 e. The standard InChI is InChI=1S/C12H18O2/c1-3-9-5-7-11(13-9)12-8-6-10(4-2)14-12/h3-4,9-12H,1-2,5-8H2/t9-,10-,11-,12-/m1/s1. The molecule has 0 aromatic heterocycles. The quantitative estimate of drug-likeness (QED) is 0.642. The summed E-state index contributed by atoms with van der Waals surface area (Å²) in [6, 6.07) is 0. The molecule has 14 heavy (non-hydrogen) atoms. The molecule has 4 atom stereocenters. The van der Waals surface area contributed by atoms with Crippen LogP contribution in [0.2, 0.25) is 0 Å². The maximum atomic E-state index is 5.81. The van der Waals surface area contributed by atoms with Crippen LogP contribution in [-0.4, -0.2) is 24.4 Å². The fourth-order valence-corrected chi connectivity index (χ4v) is 2.27. The lowest BCUT2D eigenvalue weighted by Gasteiger charge is -2.18. The van der Waals surface area contributed by atoms with Gasteiger partial charge < -0.3 is 9.47 Å². The van der Waals surface area contributed by atoms with Gasteiger partial charge >= 0.3 is 0 Å². The van der Waals surface area contributed by atoms with Crippen molar-refractivity contribution in [3.05, 3.63) is 25.3 Å². The molecule has 2 aliphatic heterocycles. The lowest BCUT2D eigenvalue weighted by Crippen LogP contribution is -2.26. The van der Waals surface area contributed by atoms with Crippen LogP contribution in [0.1, 0.15) is 25.7 Å². The Hall–Kier alpha value is -0.600. The Kier molecular flexibility index (Phi) is 3.04. The topological polar surface area (TPSA) is 18.5 Å². The van der Waals surface area contributed by atoms with Gasteiger partial charge in [0.2, 0.25) is 0 Å². The van der Waals surface area contributed by atoms with Crippen LogP contribution in [-0.2, 0) is 9.47 Å². The second-order valence-electron chi connectivity index (χ2n) is 4.05. The summed E-state index contributed by atoms with van der Waals surface area (Å²) >= 11 is 0. The summed E-state index contributed by atoms with van der Waals surface area (Å²) in [5.41, 5.74) is 0. The molecular formula is C12H18O2. The zero-order valence-electron chi connectivity index (χ0n) is 8.52. The predicted octanol–water partition coefficient (Wildman–Crippen LogP) is 2.45. The largest absolute Gasteiger partial charge is 0.368 e. The summed E-state index contributed by atoms with van der Waals surface area (Å²) in [6.45, 7) is 7.51. The zero-order chi connectivity index (χ0) is 9.97. The van der Waals surface area contributed by atoms with Crippen molar-refractivity contribution in [2.75, 3.05) is 0 Å². The van der Waals surface area contributed by atoms with Crippen molar-refractivity contribution in [3.63, 3.8) is 0 Å². The molecule has 2 nitrogen and oxygen atoms in total. The summed E-state index contributed by atoms with van der Waals surface area (Å²) in [6.07, 6.45) is 9.21. The van der Waals surface area contributed by atoms with E-state index in [1.807, 2.05) is 12.2 Å². The normalized spacial score (nSPS) is 42.6. The van der Waals surface area contributed by atoms with Crippen LogP contribution < -0.4 is 0 Å². The average Bonchev–Trinajstić information content (AvgIpc) is 2.86. The van der Waals surface area contributed by atoms with Crippen LogP contribution in [0.4, 0.5) is 0 Å². The Morgan fingerprint density at radius 3 is 1.50 bits per heavy atom. The Labute approximate surface area is 85.6 Å². The maximum Gasteiger partial charge on any atom is 0.0846 e. The molecule has 2 saturated heterocycles. The molecule has 2 rings (SSSR count). The number of hydrogen-bond acceptors (Lipinski definition) is 2. The molecule has 0 radical (unpaired) electrons. The van der Waals surface area contributed by atoms with E-state index < -0.39 is 0 Å². The van der Waals surface area contributed by atoms with Crippen LogP contribution in [0.3, 0.4) is 0 Å². The zero-order valence-corrected chi connectivity index (χ0v) is 8.52. The first-order chi connectivity index (χ1) is 6.83. The monoisotopic (exact) mass is 194 g/mol. The fraction of sp³-hybridized carbons (Fsp3) is 0.667. The van der Waals surface area contributed by atoms with Crippen molar-refractivity contribution in [2.45, 2.75) is 50.1 Å². The highest BCUT2D eigenvalue weighted by molar-refractivity contribution is 4.94. The molecule has 0 amide bonds. The van der Waals surface area contributed by atoms with Gasteiger partial charge in [-0.15, -0.1) is 13.2 Å². The summed E-state index contributed by atoms with van der Waals surface area (Å²) < 4.78 is 11.6. The third kappa shape index (κ3) is 1.91. The van der Waals surface area contributed by atoms with E-state index in [-0.39, 0.29) is 24.4 Å². The van der Waals surface area contributed by atoms with Gasteiger partial charge in [0.05, 0.1) is 24.4 Å². The van der Waals surface area contributed by atoms with Gasteiger partial charge in [0.25, 0.3) is 0 Å². The smallest absolute Gasteiger partial charge is 0.0846 e. The SMILES string of the molecule is C=C[C@@H]1CC[C@H]([C@H]2CC[C@@H](C=C)O2)O1. The number of rotatable bonds is 3. The third-order valence-corrected chi connectivity index (χ3v) is 3.11. The predicted molar refractivity (Wildman–Crippen MR) is 56.2 cm³/mol. The first-order valence-electron chi connectivity index (χ1n) is 5.39. The molecule has 0 saturated carbocycles. The summed E-state index contributed by atoms with van der Waals surface area (Å²) in [4.78, 5) is 0. The summed E-state index contributed by atoms with van der Waals surface area (Å²) in [5.74, 6) is 0. The van der Waals surface area contributed by atoms with Gasteiger partial charge in [-0.1, -0.05) is 12.2 Å². The van der Waals surface area contributed by atoms with E-state index in [1.165, 1.54) is 0 Å². The highest BCUT2D eigenvalue weighted by Gasteiger charge is 2.35.